The van der Waals surface area contributed by atoms with E-state index in [4.69, 9.17) is 10.00 Å². The third-order valence-corrected chi connectivity index (χ3v) is 3.45. The fourth-order valence-electron chi connectivity index (χ4n) is 2.42. The predicted octanol–water partition coefficient (Wildman–Crippen LogP) is 2.40. The second-order valence-electron chi connectivity index (χ2n) is 6.48. The van der Waals surface area contributed by atoms with Gasteiger partial charge in [0.2, 0.25) is 0 Å². The molecular weight excluding hydrogens is 280 g/mol. The van der Waals surface area contributed by atoms with Crippen LogP contribution in [-0.2, 0) is 4.74 Å². The molecule has 0 bridgehead atoms. The molecule has 1 amide bonds. The number of hydrogen-bond donors (Lipinski definition) is 0. The highest BCUT2D eigenvalue weighted by molar-refractivity contribution is 5.69. The van der Waals surface area contributed by atoms with Crippen molar-refractivity contribution in [1.82, 2.24) is 9.88 Å². The van der Waals surface area contributed by atoms with Crippen molar-refractivity contribution >= 4 is 11.9 Å². The lowest BCUT2D eigenvalue weighted by Gasteiger charge is -2.40. The molecule has 1 aromatic heterocycles. The highest BCUT2D eigenvalue weighted by atomic mass is 16.6. The molecule has 0 aliphatic carbocycles. The topological polar surface area (TPSA) is 69.5 Å². The van der Waals surface area contributed by atoms with Crippen LogP contribution >= 0.6 is 0 Å². The molecule has 2 rings (SSSR count). The minimum Gasteiger partial charge on any atom is -0.444 e. The van der Waals surface area contributed by atoms with Gasteiger partial charge in [-0.3, -0.25) is 0 Å². The van der Waals surface area contributed by atoms with Crippen molar-refractivity contribution in [2.24, 2.45) is 0 Å². The summed E-state index contributed by atoms with van der Waals surface area (Å²) in [7, 11) is 0. The number of carbonyl (C=O) groups is 1. The van der Waals surface area contributed by atoms with E-state index in [9.17, 15) is 4.79 Å². The number of nitrogens with zero attached hydrogens (tertiary/aromatic N) is 4. The van der Waals surface area contributed by atoms with E-state index < -0.39 is 5.60 Å². The summed E-state index contributed by atoms with van der Waals surface area (Å²) in [5.41, 5.74) is 0.101. The minimum absolute atomic E-state index is 0.0242. The summed E-state index contributed by atoms with van der Waals surface area (Å²) in [5, 5.41) is 8.97. The summed E-state index contributed by atoms with van der Waals surface area (Å²) in [5.74, 6) is 0.773. The maximum Gasteiger partial charge on any atom is 0.410 e. The van der Waals surface area contributed by atoms with Gasteiger partial charge in [0.25, 0.3) is 0 Å². The normalized spacial score (nSPS) is 18.8. The summed E-state index contributed by atoms with van der Waals surface area (Å²) in [4.78, 5) is 20.3. The summed E-state index contributed by atoms with van der Waals surface area (Å²) < 4.78 is 5.43. The van der Waals surface area contributed by atoms with Crippen LogP contribution < -0.4 is 4.90 Å². The zero-order valence-corrected chi connectivity index (χ0v) is 13.5. The molecule has 6 heteroatoms. The third-order valence-electron chi connectivity index (χ3n) is 3.45. The molecule has 1 saturated heterocycles. The number of piperazine rings is 1. The van der Waals surface area contributed by atoms with Crippen LogP contribution in [0, 0.1) is 11.3 Å². The Morgan fingerprint density at radius 3 is 2.77 bits per heavy atom. The molecule has 6 nitrogen and oxygen atoms in total. The number of nitriles is 1. The average molecular weight is 302 g/mol. The van der Waals surface area contributed by atoms with Gasteiger partial charge >= 0.3 is 6.09 Å². The van der Waals surface area contributed by atoms with Crippen molar-refractivity contribution in [1.29, 1.82) is 5.26 Å². The van der Waals surface area contributed by atoms with Gasteiger partial charge in [-0.15, -0.1) is 0 Å². The number of amides is 1. The first kappa shape index (κ1) is 16.1. The standard InChI is InChI=1S/C16H22N4O2/c1-12-11-19(14-9-13(10-17)5-6-18-14)7-8-20(12)15(21)22-16(2,3)4/h5-6,9,12H,7-8,11H2,1-4H3/t12-/m0/s1. The Labute approximate surface area is 131 Å². The second-order valence-corrected chi connectivity index (χ2v) is 6.48. The Balaban J connectivity index is 2.03. The number of hydrogen-bond acceptors (Lipinski definition) is 5. The first-order valence-electron chi connectivity index (χ1n) is 7.41. The molecular formula is C16H22N4O2. The summed E-state index contributed by atoms with van der Waals surface area (Å²) in [6.07, 6.45) is 1.36. The highest BCUT2D eigenvalue weighted by Gasteiger charge is 2.31. The van der Waals surface area contributed by atoms with Crippen LogP contribution in [0.1, 0.15) is 33.3 Å². The van der Waals surface area contributed by atoms with Crippen LogP contribution in [-0.4, -0.2) is 47.3 Å². The van der Waals surface area contributed by atoms with Crippen molar-refractivity contribution < 1.29 is 9.53 Å². The summed E-state index contributed by atoms with van der Waals surface area (Å²) in [6, 6.07) is 5.60. The van der Waals surface area contributed by atoms with Gasteiger partial charge in [0, 0.05) is 31.9 Å². The molecule has 22 heavy (non-hydrogen) atoms. The van der Waals surface area contributed by atoms with Gasteiger partial charge in [-0.05, 0) is 39.8 Å². The van der Waals surface area contributed by atoms with Crippen LogP contribution in [0.3, 0.4) is 0 Å². The third kappa shape index (κ3) is 3.88. The molecule has 2 heterocycles. The zero-order valence-electron chi connectivity index (χ0n) is 13.5. The Morgan fingerprint density at radius 2 is 2.18 bits per heavy atom. The van der Waals surface area contributed by atoms with Gasteiger partial charge in [-0.1, -0.05) is 0 Å². The Hall–Kier alpha value is -2.29. The number of pyridine rings is 1. The molecule has 118 valence electrons. The van der Waals surface area contributed by atoms with Crippen LogP contribution in [0.5, 0.6) is 0 Å². The predicted molar refractivity (Wildman–Crippen MR) is 83.6 cm³/mol. The van der Waals surface area contributed by atoms with Gasteiger partial charge < -0.3 is 14.5 Å². The molecule has 0 radical (unpaired) electrons. The van der Waals surface area contributed by atoms with Gasteiger partial charge in [0.1, 0.15) is 11.4 Å². The van der Waals surface area contributed by atoms with E-state index in [2.05, 4.69) is 16.0 Å². The monoisotopic (exact) mass is 302 g/mol. The number of aromatic nitrogens is 1. The van der Waals surface area contributed by atoms with Gasteiger partial charge in [0.05, 0.1) is 11.6 Å². The van der Waals surface area contributed by atoms with Crippen LogP contribution in [0.25, 0.3) is 0 Å². The van der Waals surface area contributed by atoms with Crippen LogP contribution in [0.4, 0.5) is 10.6 Å². The molecule has 1 aliphatic rings. The number of carbonyl (C=O) groups excluding carboxylic acids is 1. The van der Waals surface area contributed by atoms with Crippen molar-refractivity contribution in [3.63, 3.8) is 0 Å². The second kappa shape index (κ2) is 6.22. The first-order chi connectivity index (χ1) is 10.3. The maximum absolute atomic E-state index is 12.2. The Kier molecular flexibility index (Phi) is 4.55. The molecule has 1 fully saturated rings. The number of ether oxygens (including phenoxy) is 1. The van der Waals surface area contributed by atoms with Gasteiger partial charge in [0.15, 0.2) is 0 Å². The molecule has 1 aromatic rings. The minimum atomic E-state index is -0.489. The molecule has 0 spiro atoms. The molecule has 0 unspecified atom stereocenters. The number of rotatable bonds is 1. The van der Waals surface area contributed by atoms with Crippen molar-refractivity contribution in [2.45, 2.75) is 39.3 Å². The molecule has 1 atom stereocenters. The SMILES string of the molecule is C[C@H]1CN(c2cc(C#N)ccn2)CCN1C(=O)OC(C)(C)C. The quantitative estimate of drug-likeness (QED) is 0.796. The van der Waals surface area contributed by atoms with Gasteiger partial charge in [-0.2, -0.15) is 5.26 Å². The molecule has 1 aliphatic heterocycles. The van der Waals surface area contributed by atoms with E-state index in [1.54, 1.807) is 23.2 Å². The van der Waals surface area contributed by atoms with E-state index in [-0.39, 0.29) is 12.1 Å². The number of anilines is 1. The summed E-state index contributed by atoms with van der Waals surface area (Å²) in [6.45, 7) is 9.50. The van der Waals surface area contributed by atoms with E-state index in [0.717, 1.165) is 5.82 Å². The van der Waals surface area contributed by atoms with Gasteiger partial charge in [-0.25, -0.2) is 9.78 Å². The fourth-order valence-corrected chi connectivity index (χ4v) is 2.42. The lowest BCUT2D eigenvalue weighted by molar-refractivity contribution is 0.0158. The summed E-state index contributed by atoms with van der Waals surface area (Å²) >= 11 is 0. The van der Waals surface area contributed by atoms with Crippen molar-refractivity contribution in [3.05, 3.63) is 23.9 Å². The molecule has 0 N–H and O–H groups in total. The average Bonchev–Trinajstić information content (AvgIpc) is 2.45. The van der Waals surface area contributed by atoms with E-state index in [1.807, 2.05) is 27.7 Å². The highest BCUT2D eigenvalue weighted by Crippen LogP contribution is 2.20. The zero-order chi connectivity index (χ0) is 16.3. The fraction of sp³-hybridized carbons (Fsp3) is 0.562. The Bertz CT molecular complexity index is 589. The van der Waals surface area contributed by atoms with Crippen molar-refractivity contribution in [3.8, 4) is 6.07 Å². The van der Waals surface area contributed by atoms with Crippen LogP contribution in [0.2, 0.25) is 0 Å². The lowest BCUT2D eigenvalue weighted by Crippen LogP contribution is -2.55. The largest absolute Gasteiger partial charge is 0.444 e. The van der Waals surface area contributed by atoms with E-state index >= 15 is 0 Å². The van der Waals surface area contributed by atoms with E-state index in [1.165, 1.54) is 0 Å². The molecule has 0 saturated carbocycles. The van der Waals surface area contributed by atoms with Crippen LogP contribution in [0.15, 0.2) is 18.3 Å². The maximum atomic E-state index is 12.2. The van der Waals surface area contributed by atoms with Crippen molar-refractivity contribution in [2.75, 3.05) is 24.5 Å². The first-order valence-corrected chi connectivity index (χ1v) is 7.41. The lowest BCUT2D eigenvalue weighted by atomic mass is 10.2. The smallest absolute Gasteiger partial charge is 0.410 e. The Morgan fingerprint density at radius 1 is 1.45 bits per heavy atom. The van der Waals surface area contributed by atoms with E-state index in [0.29, 0.717) is 25.2 Å². The molecule has 0 aromatic carbocycles.